The summed E-state index contributed by atoms with van der Waals surface area (Å²) in [5.41, 5.74) is 2.69. The van der Waals surface area contributed by atoms with Crippen LogP contribution >= 0.6 is 15.9 Å². The van der Waals surface area contributed by atoms with Gasteiger partial charge in [0.25, 0.3) is 5.91 Å². The van der Waals surface area contributed by atoms with E-state index in [1.165, 1.54) is 5.56 Å². The minimum Gasteiger partial charge on any atom is -0.347 e. The number of nitrogens with one attached hydrogen (secondary N) is 1. The normalized spacial score (nSPS) is 10.1. The fraction of sp³-hybridized carbons (Fsp3) is 0.143. The van der Waals surface area contributed by atoms with E-state index >= 15 is 0 Å². The number of carbonyl (C=O) groups is 1. The number of halogens is 1. The predicted molar refractivity (Wildman–Crippen MR) is 74.3 cm³/mol. The van der Waals surface area contributed by atoms with E-state index < -0.39 is 0 Å². The second-order valence-corrected chi connectivity index (χ2v) is 4.95. The van der Waals surface area contributed by atoms with Gasteiger partial charge < -0.3 is 5.32 Å². The van der Waals surface area contributed by atoms with Crippen LogP contribution in [0.2, 0.25) is 0 Å². The molecule has 1 heterocycles. The zero-order valence-electron chi connectivity index (χ0n) is 9.98. The molecule has 0 radical (unpaired) electrons. The molecule has 2 aromatic rings. The Morgan fingerprint density at radius 3 is 2.83 bits per heavy atom. The Morgan fingerprint density at radius 2 is 2.17 bits per heavy atom. The Balaban J connectivity index is 1.98. The van der Waals surface area contributed by atoms with Crippen molar-refractivity contribution in [3.63, 3.8) is 0 Å². The van der Waals surface area contributed by atoms with Gasteiger partial charge in [0.15, 0.2) is 0 Å². The molecule has 0 saturated heterocycles. The third kappa shape index (κ3) is 3.40. The number of amides is 1. The van der Waals surface area contributed by atoms with Crippen LogP contribution in [0, 0.1) is 6.92 Å². The standard InChI is InChI=1S/C14H13BrN2O/c1-10-3-2-4-11(7-10)8-17-14(18)13-6-5-12(15)9-16-13/h2-7,9H,8H2,1H3,(H,17,18). The van der Waals surface area contributed by atoms with E-state index in [9.17, 15) is 4.79 Å². The van der Waals surface area contributed by atoms with Gasteiger partial charge >= 0.3 is 0 Å². The molecule has 1 N–H and O–H groups in total. The number of nitrogens with zero attached hydrogens (tertiary/aromatic N) is 1. The first-order valence-corrected chi connectivity index (χ1v) is 6.40. The lowest BCUT2D eigenvalue weighted by atomic mass is 10.1. The summed E-state index contributed by atoms with van der Waals surface area (Å²) in [6.45, 7) is 2.54. The third-order valence-corrected chi connectivity index (χ3v) is 2.96. The lowest BCUT2D eigenvalue weighted by molar-refractivity contribution is 0.0946. The summed E-state index contributed by atoms with van der Waals surface area (Å²) in [4.78, 5) is 15.9. The van der Waals surface area contributed by atoms with E-state index in [1.54, 1.807) is 18.3 Å². The van der Waals surface area contributed by atoms with Crippen molar-refractivity contribution in [3.05, 3.63) is 63.9 Å². The maximum Gasteiger partial charge on any atom is 0.270 e. The average molecular weight is 305 g/mol. The number of aromatic nitrogens is 1. The number of rotatable bonds is 3. The second-order valence-electron chi connectivity index (χ2n) is 4.03. The summed E-state index contributed by atoms with van der Waals surface area (Å²) >= 11 is 3.28. The Bertz CT molecular complexity index is 552. The molecule has 3 nitrogen and oxygen atoms in total. The Labute approximate surface area is 114 Å². The van der Waals surface area contributed by atoms with E-state index in [1.807, 2.05) is 25.1 Å². The first kappa shape index (κ1) is 12.8. The molecular weight excluding hydrogens is 292 g/mol. The highest BCUT2D eigenvalue weighted by atomic mass is 79.9. The molecule has 1 amide bonds. The van der Waals surface area contributed by atoms with Crippen LogP contribution in [0.4, 0.5) is 0 Å². The first-order valence-electron chi connectivity index (χ1n) is 5.60. The first-order chi connectivity index (χ1) is 8.65. The molecule has 1 aromatic heterocycles. The quantitative estimate of drug-likeness (QED) is 0.947. The fourth-order valence-corrected chi connectivity index (χ4v) is 1.84. The summed E-state index contributed by atoms with van der Waals surface area (Å²) in [5, 5.41) is 2.85. The van der Waals surface area contributed by atoms with Crippen molar-refractivity contribution in [3.8, 4) is 0 Å². The fourth-order valence-electron chi connectivity index (χ4n) is 1.61. The number of benzene rings is 1. The molecule has 0 spiro atoms. The van der Waals surface area contributed by atoms with Gasteiger partial charge in [-0.2, -0.15) is 0 Å². The summed E-state index contributed by atoms with van der Waals surface area (Å²) < 4.78 is 0.859. The average Bonchev–Trinajstić information content (AvgIpc) is 2.37. The number of hydrogen-bond donors (Lipinski definition) is 1. The maximum absolute atomic E-state index is 11.8. The minimum atomic E-state index is -0.163. The molecule has 0 aliphatic carbocycles. The zero-order valence-corrected chi connectivity index (χ0v) is 11.6. The van der Waals surface area contributed by atoms with Crippen LogP contribution in [0.15, 0.2) is 47.1 Å². The van der Waals surface area contributed by atoms with Gasteiger partial charge in [-0.25, -0.2) is 4.98 Å². The monoisotopic (exact) mass is 304 g/mol. The number of pyridine rings is 1. The minimum absolute atomic E-state index is 0.163. The van der Waals surface area contributed by atoms with Crippen molar-refractivity contribution in [2.75, 3.05) is 0 Å². The van der Waals surface area contributed by atoms with Crippen LogP contribution in [0.5, 0.6) is 0 Å². The van der Waals surface area contributed by atoms with E-state index in [2.05, 4.69) is 32.3 Å². The van der Waals surface area contributed by atoms with Crippen LogP contribution < -0.4 is 5.32 Å². The summed E-state index contributed by atoms with van der Waals surface area (Å²) in [6, 6.07) is 11.5. The lowest BCUT2D eigenvalue weighted by Crippen LogP contribution is -2.23. The molecule has 0 aliphatic heterocycles. The molecule has 0 saturated carbocycles. The van der Waals surface area contributed by atoms with Crippen LogP contribution in [-0.2, 0) is 6.54 Å². The molecule has 0 aliphatic rings. The van der Waals surface area contributed by atoms with Crippen LogP contribution in [0.25, 0.3) is 0 Å². The van der Waals surface area contributed by atoms with E-state index in [0.717, 1.165) is 10.0 Å². The van der Waals surface area contributed by atoms with Gasteiger partial charge in [-0.15, -0.1) is 0 Å². The van der Waals surface area contributed by atoms with Gasteiger partial charge in [-0.3, -0.25) is 4.79 Å². The van der Waals surface area contributed by atoms with Gasteiger partial charge in [-0.05, 0) is 40.5 Å². The van der Waals surface area contributed by atoms with Crippen molar-refractivity contribution in [2.45, 2.75) is 13.5 Å². The number of hydrogen-bond acceptors (Lipinski definition) is 2. The van der Waals surface area contributed by atoms with Crippen molar-refractivity contribution in [1.29, 1.82) is 0 Å². The van der Waals surface area contributed by atoms with Gasteiger partial charge in [-0.1, -0.05) is 29.8 Å². The lowest BCUT2D eigenvalue weighted by Gasteiger charge is -2.05. The molecule has 1 aromatic carbocycles. The van der Waals surface area contributed by atoms with Gasteiger partial charge in [0.1, 0.15) is 5.69 Å². The largest absolute Gasteiger partial charge is 0.347 e. The molecule has 0 atom stereocenters. The van der Waals surface area contributed by atoms with Crippen molar-refractivity contribution in [1.82, 2.24) is 10.3 Å². The van der Waals surface area contributed by atoms with Gasteiger partial charge in [0, 0.05) is 17.2 Å². The molecule has 2 rings (SSSR count). The number of carbonyl (C=O) groups excluding carboxylic acids is 1. The van der Waals surface area contributed by atoms with E-state index in [4.69, 9.17) is 0 Å². The van der Waals surface area contributed by atoms with Crippen molar-refractivity contribution >= 4 is 21.8 Å². The van der Waals surface area contributed by atoms with E-state index in [0.29, 0.717) is 12.2 Å². The molecular formula is C14H13BrN2O. The van der Waals surface area contributed by atoms with Crippen LogP contribution in [0.1, 0.15) is 21.6 Å². The van der Waals surface area contributed by atoms with Gasteiger partial charge in [0.05, 0.1) is 0 Å². The summed E-state index contributed by atoms with van der Waals surface area (Å²) in [7, 11) is 0. The molecule has 0 unspecified atom stereocenters. The second kappa shape index (κ2) is 5.78. The Hall–Kier alpha value is -1.68. The number of aryl methyl sites for hydroxylation is 1. The summed E-state index contributed by atoms with van der Waals surface area (Å²) in [6.07, 6.45) is 1.61. The van der Waals surface area contributed by atoms with Gasteiger partial charge in [0.2, 0.25) is 0 Å². The highest BCUT2D eigenvalue weighted by molar-refractivity contribution is 9.10. The molecule has 0 bridgehead atoms. The van der Waals surface area contributed by atoms with Crippen LogP contribution in [-0.4, -0.2) is 10.9 Å². The highest BCUT2D eigenvalue weighted by Gasteiger charge is 2.06. The van der Waals surface area contributed by atoms with Crippen LogP contribution in [0.3, 0.4) is 0 Å². The molecule has 92 valence electrons. The highest BCUT2D eigenvalue weighted by Crippen LogP contribution is 2.08. The maximum atomic E-state index is 11.8. The molecule has 0 fully saturated rings. The summed E-state index contributed by atoms with van der Waals surface area (Å²) in [5.74, 6) is -0.163. The topological polar surface area (TPSA) is 42.0 Å². The third-order valence-electron chi connectivity index (χ3n) is 2.50. The predicted octanol–water partition coefficient (Wildman–Crippen LogP) is 3.08. The Morgan fingerprint density at radius 1 is 1.33 bits per heavy atom. The SMILES string of the molecule is Cc1cccc(CNC(=O)c2ccc(Br)cn2)c1. The molecule has 18 heavy (non-hydrogen) atoms. The molecule has 4 heteroatoms. The van der Waals surface area contributed by atoms with Crippen molar-refractivity contribution < 1.29 is 4.79 Å². The smallest absolute Gasteiger partial charge is 0.270 e. The van der Waals surface area contributed by atoms with E-state index in [-0.39, 0.29) is 5.91 Å². The Kier molecular flexibility index (Phi) is 4.10. The zero-order chi connectivity index (χ0) is 13.0. The van der Waals surface area contributed by atoms with Crippen molar-refractivity contribution in [2.24, 2.45) is 0 Å².